The molecule has 1 heterocycles. The van der Waals surface area contributed by atoms with Gasteiger partial charge in [0, 0.05) is 6.07 Å². The fourth-order valence-corrected chi connectivity index (χ4v) is 1.28. The van der Waals surface area contributed by atoms with Crippen LogP contribution < -0.4 is 0 Å². The van der Waals surface area contributed by atoms with Crippen LogP contribution >= 0.6 is 15.9 Å². The first-order valence-electron chi connectivity index (χ1n) is 4.03. The zero-order valence-corrected chi connectivity index (χ0v) is 9.34. The van der Waals surface area contributed by atoms with E-state index in [1.165, 1.54) is 6.07 Å². The largest absolute Gasteiger partial charge is 0.459 e. The molecule has 0 fully saturated rings. The summed E-state index contributed by atoms with van der Waals surface area (Å²) in [6.45, 7) is 3.45. The van der Waals surface area contributed by atoms with E-state index in [4.69, 9.17) is 4.74 Å². The summed E-state index contributed by atoms with van der Waals surface area (Å²) in [5, 5.41) is 0. The Kier molecular flexibility index (Phi) is 3.57. The molecule has 5 heteroatoms. The number of carbonyl (C=O) groups excluding carboxylic acids is 1. The Labute approximate surface area is 89.4 Å². The highest BCUT2D eigenvalue weighted by molar-refractivity contribution is 9.10. The van der Waals surface area contributed by atoms with E-state index < -0.39 is 11.9 Å². The molecule has 76 valence electrons. The fourth-order valence-electron chi connectivity index (χ4n) is 0.865. The third-order valence-electron chi connectivity index (χ3n) is 1.34. The molecule has 0 bridgehead atoms. The molecule has 0 N–H and O–H groups in total. The summed E-state index contributed by atoms with van der Waals surface area (Å²) in [4.78, 5) is 14.8. The summed E-state index contributed by atoms with van der Waals surface area (Å²) < 4.78 is 17.9. The number of ether oxygens (including phenoxy) is 1. The summed E-state index contributed by atoms with van der Waals surface area (Å²) in [7, 11) is 0. The number of rotatable bonds is 2. The lowest BCUT2D eigenvalue weighted by Crippen LogP contribution is -2.12. The predicted molar refractivity (Wildman–Crippen MR) is 52.4 cm³/mol. The van der Waals surface area contributed by atoms with Crippen LogP contribution in [0.1, 0.15) is 24.2 Å². The van der Waals surface area contributed by atoms with Gasteiger partial charge in [-0.25, -0.2) is 9.78 Å². The van der Waals surface area contributed by atoms with E-state index in [-0.39, 0.29) is 16.3 Å². The minimum atomic E-state index is -0.713. The van der Waals surface area contributed by atoms with Gasteiger partial charge in [-0.05, 0) is 35.8 Å². The van der Waals surface area contributed by atoms with Crippen LogP contribution in [0.25, 0.3) is 0 Å². The molecule has 0 spiro atoms. The first-order chi connectivity index (χ1) is 6.49. The SMILES string of the molecule is CC(C)OC(=O)c1cc(F)nc(Br)c1. The van der Waals surface area contributed by atoms with Crippen molar-refractivity contribution in [2.75, 3.05) is 0 Å². The number of hydrogen-bond donors (Lipinski definition) is 0. The molecular formula is C9H9BrFNO2. The van der Waals surface area contributed by atoms with Crippen molar-refractivity contribution in [2.45, 2.75) is 20.0 Å². The van der Waals surface area contributed by atoms with Gasteiger partial charge in [-0.15, -0.1) is 0 Å². The molecule has 0 unspecified atom stereocenters. The standard InChI is InChI=1S/C9H9BrFNO2/c1-5(2)14-9(13)6-3-7(10)12-8(11)4-6/h3-5H,1-2H3. The maximum Gasteiger partial charge on any atom is 0.338 e. The quantitative estimate of drug-likeness (QED) is 0.607. The molecule has 0 aromatic carbocycles. The minimum absolute atomic E-state index is 0.151. The molecule has 0 aliphatic carbocycles. The van der Waals surface area contributed by atoms with Gasteiger partial charge in [-0.1, -0.05) is 0 Å². The summed E-state index contributed by atoms with van der Waals surface area (Å²) >= 11 is 2.99. The smallest absolute Gasteiger partial charge is 0.338 e. The Morgan fingerprint density at radius 3 is 2.71 bits per heavy atom. The van der Waals surface area contributed by atoms with Gasteiger partial charge in [-0.2, -0.15) is 4.39 Å². The summed E-state index contributed by atoms with van der Waals surface area (Å²) in [6.07, 6.45) is -0.225. The number of halogens is 2. The van der Waals surface area contributed by atoms with Crippen molar-refractivity contribution in [1.82, 2.24) is 4.98 Å². The van der Waals surface area contributed by atoms with Gasteiger partial charge >= 0.3 is 5.97 Å². The summed E-state index contributed by atoms with van der Waals surface area (Å²) in [5.74, 6) is -1.27. The second kappa shape index (κ2) is 4.50. The Morgan fingerprint density at radius 2 is 2.21 bits per heavy atom. The van der Waals surface area contributed by atoms with Crippen LogP contribution in [0.5, 0.6) is 0 Å². The number of pyridine rings is 1. The number of hydrogen-bond acceptors (Lipinski definition) is 3. The average molecular weight is 262 g/mol. The zero-order valence-electron chi connectivity index (χ0n) is 7.75. The van der Waals surface area contributed by atoms with Gasteiger partial charge in [0.25, 0.3) is 0 Å². The van der Waals surface area contributed by atoms with E-state index in [0.717, 1.165) is 6.07 Å². The average Bonchev–Trinajstić information content (AvgIpc) is 2.00. The van der Waals surface area contributed by atoms with Gasteiger partial charge in [0.15, 0.2) is 0 Å². The molecule has 0 radical (unpaired) electrons. The van der Waals surface area contributed by atoms with Crippen molar-refractivity contribution in [1.29, 1.82) is 0 Å². The lowest BCUT2D eigenvalue weighted by atomic mass is 10.3. The molecule has 14 heavy (non-hydrogen) atoms. The van der Waals surface area contributed by atoms with Crippen LogP contribution in [-0.2, 0) is 4.74 Å². The molecule has 3 nitrogen and oxygen atoms in total. The monoisotopic (exact) mass is 261 g/mol. The molecule has 1 rings (SSSR count). The van der Waals surface area contributed by atoms with Crippen LogP contribution in [0, 0.1) is 5.95 Å². The van der Waals surface area contributed by atoms with Crippen molar-refractivity contribution in [3.63, 3.8) is 0 Å². The normalized spacial score (nSPS) is 10.4. The van der Waals surface area contributed by atoms with Crippen LogP contribution in [0.2, 0.25) is 0 Å². The fraction of sp³-hybridized carbons (Fsp3) is 0.333. The van der Waals surface area contributed by atoms with Gasteiger partial charge in [0.2, 0.25) is 5.95 Å². The topological polar surface area (TPSA) is 39.2 Å². The van der Waals surface area contributed by atoms with Crippen LogP contribution in [0.15, 0.2) is 16.7 Å². The highest BCUT2D eigenvalue weighted by atomic mass is 79.9. The van der Waals surface area contributed by atoms with E-state index in [1.54, 1.807) is 13.8 Å². The van der Waals surface area contributed by atoms with Gasteiger partial charge < -0.3 is 4.74 Å². The maximum absolute atomic E-state index is 12.8. The Bertz CT molecular complexity index is 334. The van der Waals surface area contributed by atoms with Crippen molar-refractivity contribution in [3.8, 4) is 0 Å². The number of nitrogens with zero attached hydrogens (tertiary/aromatic N) is 1. The Balaban J connectivity index is 2.90. The first kappa shape index (κ1) is 11.1. The van der Waals surface area contributed by atoms with Crippen LogP contribution in [0.4, 0.5) is 4.39 Å². The molecule has 0 aliphatic rings. The van der Waals surface area contributed by atoms with Gasteiger partial charge in [-0.3, -0.25) is 0 Å². The molecule has 0 saturated heterocycles. The van der Waals surface area contributed by atoms with Crippen molar-refractivity contribution < 1.29 is 13.9 Å². The first-order valence-corrected chi connectivity index (χ1v) is 4.82. The van der Waals surface area contributed by atoms with E-state index >= 15 is 0 Å². The van der Waals surface area contributed by atoms with Gasteiger partial charge in [0.1, 0.15) is 4.60 Å². The molecule has 0 atom stereocenters. The van der Waals surface area contributed by atoms with Gasteiger partial charge in [0.05, 0.1) is 11.7 Å². The lowest BCUT2D eigenvalue weighted by Gasteiger charge is -2.07. The number of aromatic nitrogens is 1. The highest BCUT2D eigenvalue weighted by Gasteiger charge is 2.11. The van der Waals surface area contributed by atoms with Crippen molar-refractivity contribution >= 4 is 21.9 Å². The molecule has 1 aromatic heterocycles. The Morgan fingerprint density at radius 1 is 1.57 bits per heavy atom. The lowest BCUT2D eigenvalue weighted by molar-refractivity contribution is 0.0377. The van der Waals surface area contributed by atoms with Crippen molar-refractivity contribution in [3.05, 3.63) is 28.2 Å². The third-order valence-corrected chi connectivity index (χ3v) is 1.75. The molecule has 0 amide bonds. The second-order valence-electron chi connectivity index (χ2n) is 2.96. The predicted octanol–water partition coefficient (Wildman–Crippen LogP) is 2.55. The van der Waals surface area contributed by atoms with Crippen LogP contribution in [-0.4, -0.2) is 17.1 Å². The summed E-state index contributed by atoms with van der Waals surface area (Å²) in [6, 6.07) is 2.45. The van der Waals surface area contributed by atoms with E-state index in [9.17, 15) is 9.18 Å². The number of esters is 1. The van der Waals surface area contributed by atoms with E-state index in [0.29, 0.717) is 0 Å². The van der Waals surface area contributed by atoms with Crippen LogP contribution in [0.3, 0.4) is 0 Å². The van der Waals surface area contributed by atoms with E-state index in [1.807, 2.05) is 0 Å². The van der Waals surface area contributed by atoms with E-state index in [2.05, 4.69) is 20.9 Å². The third kappa shape index (κ3) is 3.06. The molecular weight excluding hydrogens is 253 g/mol. The maximum atomic E-state index is 12.8. The number of carbonyl (C=O) groups is 1. The molecule has 0 saturated carbocycles. The molecule has 0 aliphatic heterocycles. The minimum Gasteiger partial charge on any atom is -0.459 e. The molecule has 1 aromatic rings. The second-order valence-corrected chi connectivity index (χ2v) is 3.77. The Hall–Kier alpha value is -0.970. The van der Waals surface area contributed by atoms with Crippen molar-refractivity contribution in [2.24, 2.45) is 0 Å². The summed E-state index contributed by atoms with van der Waals surface area (Å²) in [5.41, 5.74) is 0.151. The highest BCUT2D eigenvalue weighted by Crippen LogP contribution is 2.12. The zero-order chi connectivity index (χ0) is 10.7.